The fourth-order valence-corrected chi connectivity index (χ4v) is 8.75. The molecular formula is C56H109NO5. The van der Waals surface area contributed by atoms with Crippen molar-refractivity contribution in [1.82, 2.24) is 5.32 Å². The lowest BCUT2D eigenvalue weighted by Crippen LogP contribution is -2.45. The van der Waals surface area contributed by atoms with Crippen LogP contribution in [0.4, 0.5) is 0 Å². The number of esters is 1. The molecule has 0 aromatic heterocycles. The monoisotopic (exact) mass is 876 g/mol. The van der Waals surface area contributed by atoms with Gasteiger partial charge in [0.2, 0.25) is 5.91 Å². The summed E-state index contributed by atoms with van der Waals surface area (Å²) in [4.78, 5) is 24.5. The number of carbonyl (C=O) groups is 2. The maximum atomic E-state index is 12.5. The second-order valence-corrected chi connectivity index (χ2v) is 19.3. The highest BCUT2D eigenvalue weighted by Gasteiger charge is 2.18. The van der Waals surface area contributed by atoms with Gasteiger partial charge in [-0.1, -0.05) is 276 Å². The van der Waals surface area contributed by atoms with Crippen LogP contribution in [0.15, 0.2) is 12.2 Å². The van der Waals surface area contributed by atoms with Gasteiger partial charge in [0.25, 0.3) is 0 Å². The van der Waals surface area contributed by atoms with Gasteiger partial charge in [0, 0.05) is 12.8 Å². The van der Waals surface area contributed by atoms with Crippen molar-refractivity contribution in [3.8, 4) is 0 Å². The van der Waals surface area contributed by atoms with Gasteiger partial charge in [-0.25, -0.2) is 0 Å². The number of rotatable bonds is 52. The smallest absolute Gasteiger partial charge is 0.305 e. The second-order valence-electron chi connectivity index (χ2n) is 19.3. The van der Waals surface area contributed by atoms with Gasteiger partial charge >= 0.3 is 5.97 Å². The zero-order valence-electron chi connectivity index (χ0n) is 41.9. The number of aliphatic hydroxyl groups excluding tert-OH is 2. The summed E-state index contributed by atoms with van der Waals surface area (Å²) in [6, 6.07) is -0.639. The molecule has 1 amide bonds. The summed E-state index contributed by atoms with van der Waals surface area (Å²) >= 11 is 0. The van der Waals surface area contributed by atoms with E-state index in [0.717, 1.165) is 57.8 Å². The number of carbonyl (C=O) groups excluding carboxylic acids is 2. The van der Waals surface area contributed by atoms with Crippen LogP contribution in [0.3, 0.4) is 0 Å². The lowest BCUT2D eigenvalue weighted by Gasteiger charge is -2.20. The molecule has 0 radical (unpaired) electrons. The quantitative estimate of drug-likeness (QED) is 0.0321. The van der Waals surface area contributed by atoms with E-state index in [4.69, 9.17) is 4.74 Å². The maximum absolute atomic E-state index is 12.5. The molecule has 0 saturated heterocycles. The minimum Gasteiger partial charge on any atom is -0.466 e. The maximum Gasteiger partial charge on any atom is 0.305 e. The van der Waals surface area contributed by atoms with Crippen LogP contribution < -0.4 is 5.32 Å². The molecule has 0 bridgehead atoms. The highest BCUT2D eigenvalue weighted by molar-refractivity contribution is 5.76. The minimum absolute atomic E-state index is 0.0104. The summed E-state index contributed by atoms with van der Waals surface area (Å²) < 4.78 is 5.45. The Morgan fingerprint density at radius 3 is 1.10 bits per heavy atom. The van der Waals surface area contributed by atoms with E-state index in [0.29, 0.717) is 19.4 Å². The molecule has 0 aliphatic carbocycles. The van der Waals surface area contributed by atoms with Crippen molar-refractivity contribution in [2.75, 3.05) is 13.2 Å². The number of hydrogen-bond donors (Lipinski definition) is 3. The number of aliphatic hydroxyl groups is 2. The van der Waals surface area contributed by atoms with Crippen molar-refractivity contribution in [2.45, 2.75) is 321 Å². The molecule has 0 spiro atoms. The largest absolute Gasteiger partial charge is 0.466 e. The molecule has 0 fully saturated rings. The highest BCUT2D eigenvalue weighted by Crippen LogP contribution is 2.17. The summed E-state index contributed by atoms with van der Waals surface area (Å²) in [5.41, 5.74) is 0. The lowest BCUT2D eigenvalue weighted by atomic mass is 10.0. The van der Waals surface area contributed by atoms with Crippen LogP contribution in [0.25, 0.3) is 0 Å². The van der Waals surface area contributed by atoms with E-state index in [-0.39, 0.29) is 18.5 Å². The topological polar surface area (TPSA) is 95.9 Å². The van der Waals surface area contributed by atoms with Crippen molar-refractivity contribution < 1.29 is 24.5 Å². The number of nitrogens with one attached hydrogen (secondary N) is 1. The molecule has 0 saturated carbocycles. The van der Waals surface area contributed by atoms with Crippen LogP contribution in [0, 0.1) is 0 Å². The van der Waals surface area contributed by atoms with Gasteiger partial charge in [-0.15, -0.1) is 0 Å². The summed E-state index contributed by atoms with van der Waals surface area (Å²) in [6.45, 7) is 4.88. The first-order valence-corrected chi connectivity index (χ1v) is 28.0. The third kappa shape index (κ3) is 48.1. The molecule has 6 nitrogen and oxygen atoms in total. The third-order valence-corrected chi connectivity index (χ3v) is 13.1. The molecule has 0 aromatic rings. The third-order valence-electron chi connectivity index (χ3n) is 13.1. The van der Waals surface area contributed by atoms with Gasteiger partial charge in [0.1, 0.15) is 0 Å². The Bertz CT molecular complexity index is 924. The molecule has 62 heavy (non-hydrogen) atoms. The SMILES string of the molecule is CCCCCCCCCCCCCCCCCCCCCC/C=C/C(O)C(CO)NC(=O)CCCCCCCCCCCCCCOC(=O)CCCCCCCCCCCCC. The predicted octanol–water partition coefficient (Wildman–Crippen LogP) is 16.9. The van der Waals surface area contributed by atoms with Crippen molar-refractivity contribution >= 4 is 11.9 Å². The Morgan fingerprint density at radius 2 is 0.742 bits per heavy atom. The predicted molar refractivity (Wildman–Crippen MR) is 269 cm³/mol. The first-order valence-electron chi connectivity index (χ1n) is 28.0. The molecule has 2 unspecified atom stereocenters. The van der Waals surface area contributed by atoms with Crippen LogP contribution in [0.1, 0.15) is 309 Å². The van der Waals surface area contributed by atoms with Crippen LogP contribution in [-0.4, -0.2) is 47.4 Å². The summed E-state index contributed by atoms with van der Waals surface area (Å²) in [7, 11) is 0. The van der Waals surface area contributed by atoms with Crippen molar-refractivity contribution in [3.63, 3.8) is 0 Å². The van der Waals surface area contributed by atoms with E-state index in [1.807, 2.05) is 6.08 Å². The normalized spacial score (nSPS) is 12.6. The second kappa shape index (κ2) is 52.2. The molecule has 368 valence electrons. The Morgan fingerprint density at radius 1 is 0.435 bits per heavy atom. The average Bonchev–Trinajstić information content (AvgIpc) is 3.27. The van der Waals surface area contributed by atoms with E-state index in [1.165, 1.54) is 225 Å². The van der Waals surface area contributed by atoms with E-state index >= 15 is 0 Å². The van der Waals surface area contributed by atoms with Crippen LogP contribution in [0.2, 0.25) is 0 Å². The fraction of sp³-hybridized carbons (Fsp3) is 0.929. The molecule has 0 aliphatic heterocycles. The Hall–Kier alpha value is -1.40. The van der Waals surface area contributed by atoms with Crippen LogP contribution in [0.5, 0.6) is 0 Å². The van der Waals surface area contributed by atoms with Crippen LogP contribution in [-0.2, 0) is 14.3 Å². The molecular weight excluding hydrogens is 767 g/mol. The first-order chi connectivity index (χ1) is 30.5. The molecule has 2 atom stereocenters. The van der Waals surface area contributed by atoms with E-state index in [1.54, 1.807) is 6.08 Å². The Balaban J connectivity index is 3.49. The number of hydrogen-bond acceptors (Lipinski definition) is 5. The van der Waals surface area contributed by atoms with Crippen LogP contribution >= 0.6 is 0 Å². The van der Waals surface area contributed by atoms with Crippen molar-refractivity contribution in [3.05, 3.63) is 12.2 Å². The standard InChI is InChI=1S/C56H109NO5/c1-3-5-7-9-11-13-15-16-17-18-19-20-21-22-23-24-25-29-32-36-40-44-48-54(59)53(52-58)57-55(60)49-45-41-37-33-30-26-27-31-35-39-43-47-51-62-56(61)50-46-42-38-34-28-14-12-10-8-6-4-2/h44,48,53-54,58-59H,3-43,45-47,49-52H2,1-2H3,(H,57,60)/b48-44+. The van der Waals surface area contributed by atoms with E-state index in [9.17, 15) is 19.8 Å². The van der Waals surface area contributed by atoms with Gasteiger partial charge in [-0.3, -0.25) is 9.59 Å². The summed E-state index contributed by atoms with van der Waals surface area (Å²) in [5, 5.41) is 23.2. The Kier molecular flexibility index (Phi) is 51.0. The fourth-order valence-electron chi connectivity index (χ4n) is 8.75. The van der Waals surface area contributed by atoms with Gasteiger partial charge in [-0.2, -0.15) is 0 Å². The zero-order valence-corrected chi connectivity index (χ0v) is 41.9. The molecule has 0 rings (SSSR count). The number of amides is 1. The van der Waals surface area contributed by atoms with Gasteiger partial charge in [0.05, 0.1) is 25.4 Å². The molecule has 0 aromatic carbocycles. The van der Waals surface area contributed by atoms with Crippen molar-refractivity contribution in [2.24, 2.45) is 0 Å². The molecule has 3 N–H and O–H groups in total. The average molecular weight is 876 g/mol. The molecule has 0 aliphatic rings. The van der Waals surface area contributed by atoms with Gasteiger partial charge < -0.3 is 20.3 Å². The summed E-state index contributed by atoms with van der Waals surface area (Å²) in [5.74, 6) is -0.0906. The molecule has 0 heterocycles. The minimum atomic E-state index is -0.854. The van der Waals surface area contributed by atoms with E-state index < -0.39 is 12.1 Å². The van der Waals surface area contributed by atoms with E-state index in [2.05, 4.69) is 19.2 Å². The Labute approximate surface area is 387 Å². The number of allylic oxidation sites excluding steroid dienone is 1. The van der Waals surface area contributed by atoms with Crippen molar-refractivity contribution in [1.29, 1.82) is 0 Å². The van der Waals surface area contributed by atoms with Gasteiger partial charge in [0.15, 0.2) is 0 Å². The number of unbranched alkanes of at least 4 members (excludes halogenated alkanes) is 41. The zero-order chi connectivity index (χ0) is 45.1. The molecule has 6 heteroatoms. The van der Waals surface area contributed by atoms with Gasteiger partial charge in [-0.05, 0) is 32.1 Å². The first kappa shape index (κ1) is 60.6. The highest BCUT2D eigenvalue weighted by atomic mass is 16.5. The number of ether oxygens (including phenoxy) is 1. The summed E-state index contributed by atoms with van der Waals surface area (Å²) in [6.07, 6.45) is 60.8. The lowest BCUT2D eigenvalue weighted by molar-refractivity contribution is -0.143.